The van der Waals surface area contributed by atoms with E-state index in [0.29, 0.717) is 31.9 Å². The van der Waals surface area contributed by atoms with Crippen molar-refractivity contribution in [3.05, 3.63) is 63.3 Å². The third kappa shape index (κ3) is 4.59. The minimum absolute atomic E-state index is 0.109. The lowest BCUT2D eigenvalue weighted by atomic mass is 10.1. The number of hydrogen-bond donors (Lipinski definition) is 3. The first-order valence-electron chi connectivity index (χ1n) is 10.6. The molecule has 3 aromatic rings. The molecule has 0 bridgehead atoms. The molecule has 0 aliphatic carbocycles. The number of alkyl halides is 3. The summed E-state index contributed by atoms with van der Waals surface area (Å²) < 4.78 is 39.6. The number of carbonyl (C=O) groups excluding carboxylic acids is 1. The molecule has 0 aromatic carbocycles. The summed E-state index contributed by atoms with van der Waals surface area (Å²) in [5.41, 5.74) is 6.04. The Morgan fingerprint density at radius 2 is 2.03 bits per heavy atom. The van der Waals surface area contributed by atoms with Crippen LogP contribution in [0.2, 0.25) is 0 Å². The molecule has 1 saturated heterocycles. The molecular weight excluding hydrogens is 451 g/mol. The van der Waals surface area contributed by atoms with E-state index in [1.54, 1.807) is 25.4 Å². The summed E-state index contributed by atoms with van der Waals surface area (Å²) in [6.45, 7) is 3.48. The van der Waals surface area contributed by atoms with E-state index in [9.17, 15) is 22.8 Å². The molecule has 1 atom stereocenters. The highest BCUT2D eigenvalue weighted by molar-refractivity contribution is 5.92. The number of nitrogens with zero attached hydrogens (tertiary/aromatic N) is 4. The van der Waals surface area contributed by atoms with Crippen LogP contribution >= 0.6 is 0 Å². The zero-order valence-corrected chi connectivity index (χ0v) is 18.6. The van der Waals surface area contributed by atoms with Gasteiger partial charge in [0, 0.05) is 39.4 Å². The third-order valence-electron chi connectivity index (χ3n) is 5.93. The quantitative estimate of drug-likeness (QED) is 0.524. The Labute approximate surface area is 192 Å². The Morgan fingerprint density at radius 1 is 1.26 bits per heavy atom. The van der Waals surface area contributed by atoms with Crippen molar-refractivity contribution in [3.8, 4) is 0 Å². The number of amides is 1. The van der Waals surface area contributed by atoms with Gasteiger partial charge in [0.05, 0.1) is 29.1 Å². The summed E-state index contributed by atoms with van der Waals surface area (Å²) in [5, 5.41) is 2.53. The minimum Gasteiger partial charge on any atom is -0.366 e. The molecular formula is C22H24F3N7O2. The van der Waals surface area contributed by atoms with E-state index >= 15 is 0 Å². The maximum absolute atomic E-state index is 13.2. The molecule has 4 heterocycles. The summed E-state index contributed by atoms with van der Waals surface area (Å²) in [5.74, 6) is -0.261. The first kappa shape index (κ1) is 23.6. The fraction of sp³-hybridized carbons (Fsp3) is 0.364. The number of anilines is 1. The number of aromatic nitrogens is 3. The molecule has 1 aliphatic heterocycles. The maximum atomic E-state index is 13.2. The second-order valence-electron chi connectivity index (χ2n) is 8.16. The lowest BCUT2D eigenvalue weighted by Crippen LogP contribution is -2.56. The molecule has 12 heteroatoms. The van der Waals surface area contributed by atoms with Crippen molar-refractivity contribution in [2.24, 2.45) is 5.73 Å². The largest absolute Gasteiger partial charge is 0.422 e. The SMILES string of the molecule is CNC(=O)c1ccc(N2CCN(Cc3cnc4c(C)c(C(F)(F)F)c(=O)[nH]c4c3)[C@@H](N)C2)cn1. The highest BCUT2D eigenvalue weighted by atomic mass is 19.4. The summed E-state index contributed by atoms with van der Waals surface area (Å²) in [4.78, 5) is 38.5. The smallest absolute Gasteiger partial charge is 0.366 e. The lowest BCUT2D eigenvalue weighted by Gasteiger charge is -2.40. The van der Waals surface area contributed by atoms with Gasteiger partial charge in [-0.2, -0.15) is 13.2 Å². The van der Waals surface area contributed by atoms with Crippen molar-refractivity contribution < 1.29 is 18.0 Å². The van der Waals surface area contributed by atoms with Gasteiger partial charge in [0.15, 0.2) is 0 Å². The number of pyridine rings is 3. The highest BCUT2D eigenvalue weighted by Crippen LogP contribution is 2.31. The third-order valence-corrected chi connectivity index (χ3v) is 5.93. The number of carbonyl (C=O) groups is 1. The maximum Gasteiger partial charge on any atom is 0.422 e. The van der Waals surface area contributed by atoms with E-state index < -0.39 is 17.3 Å². The molecule has 4 N–H and O–H groups in total. The van der Waals surface area contributed by atoms with Crippen molar-refractivity contribution in [3.63, 3.8) is 0 Å². The van der Waals surface area contributed by atoms with E-state index in [4.69, 9.17) is 5.73 Å². The summed E-state index contributed by atoms with van der Waals surface area (Å²) in [6, 6.07) is 5.11. The van der Waals surface area contributed by atoms with Crippen LogP contribution in [0, 0.1) is 6.92 Å². The molecule has 9 nitrogen and oxygen atoms in total. The fourth-order valence-corrected chi connectivity index (χ4v) is 4.15. The number of nitrogens with one attached hydrogen (secondary N) is 2. The van der Waals surface area contributed by atoms with Crippen LogP contribution in [0.1, 0.15) is 27.2 Å². The van der Waals surface area contributed by atoms with Crippen LogP contribution in [0.3, 0.4) is 0 Å². The molecule has 180 valence electrons. The van der Waals surface area contributed by atoms with Crippen LogP contribution in [0.25, 0.3) is 11.0 Å². The predicted octanol–water partition coefficient (Wildman–Crippen LogP) is 1.61. The van der Waals surface area contributed by atoms with Crippen LogP contribution in [0.15, 0.2) is 35.4 Å². The van der Waals surface area contributed by atoms with Gasteiger partial charge in [0.25, 0.3) is 11.5 Å². The number of nitrogens with two attached hydrogens (primary N) is 1. The zero-order valence-electron chi connectivity index (χ0n) is 18.6. The second-order valence-corrected chi connectivity index (χ2v) is 8.16. The molecule has 0 radical (unpaired) electrons. The van der Waals surface area contributed by atoms with Gasteiger partial charge >= 0.3 is 6.18 Å². The molecule has 0 saturated carbocycles. The van der Waals surface area contributed by atoms with E-state index in [2.05, 4.69) is 25.2 Å². The van der Waals surface area contributed by atoms with Crippen LogP contribution in [0.4, 0.5) is 18.9 Å². The first-order valence-corrected chi connectivity index (χ1v) is 10.6. The summed E-state index contributed by atoms with van der Waals surface area (Å²) in [6.07, 6.45) is -1.93. The van der Waals surface area contributed by atoms with Crippen LogP contribution in [-0.2, 0) is 12.7 Å². The van der Waals surface area contributed by atoms with Gasteiger partial charge in [0.1, 0.15) is 11.3 Å². The van der Waals surface area contributed by atoms with Crippen LogP contribution < -0.4 is 21.5 Å². The van der Waals surface area contributed by atoms with Crippen molar-refractivity contribution in [2.45, 2.75) is 25.8 Å². The number of fused-ring (bicyclic) bond motifs is 1. The molecule has 1 amide bonds. The average molecular weight is 475 g/mol. The van der Waals surface area contributed by atoms with Crippen molar-refractivity contribution in [1.29, 1.82) is 0 Å². The summed E-state index contributed by atoms with van der Waals surface area (Å²) >= 11 is 0. The molecule has 34 heavy (non-hydrogen) atoms. The molecule has 3 aromatic heterocycles. The Kier molecular flexibility index (Phi) is 6.28. The zero-order chi connectivity index (χ0) is 24.6. The van der Waals surface area contributed by atoms with Crippen molar-refractivity contribution in [2.75, 3.05) is 31.6 Å². The Hall–Kier alpha value is -3.51. The van der Waals surface area contributed by atoms with Gasteiger partial charge in [-0.1, -0.05) is 0 Å². The second kappa shape index (κ2) is 9.03. The number of piperazine rings is 1. The first-order chi connectivity index (χ1) is 16.1. The predicted molar refractivity (Wildman–Crippen MR) is 120 cm³/mol. The number of aromatic amines is 1. The van der Waals surface area contributed by atoms with Gasteiger partial charge in [-0.05, 0) is 36.2 Å². The Balaban J connectivity index is 1.48. The van der Waals surface area contributed by atoms with Gasteiger partial charge in [-0.15, -0.1) is 0 Å². The average Bonchev–Trinajstić information content (AvgIpc) is 2.79. The summed E-state index contributed by atoms with van der Waals surface area (Å²) in [7, 11) is 1.54. The highest BCUT2D eigenvalue weighted by Gasteiger charge is 2.37. The topological polar surface area (TPSA) is 120 Å². The normalized spacial score (nSPS) is 17.2. The van der Waals surface area contributed by atoms with Crippen LogP contribution in [-0.4, -0.2) is 58.6 Å². The number of halogens is 3. The minimum atomic E-state index is -4.75. The van der Waals surface area contributed by atoms with Gasteiger partial charge in [-0.3, -0.25) is 19.5 Å². The number of hydrogen-bond acceptors (Lipinski definition) is 7. The molecule has 1 fully saturated rings. The van der Waals surface area contributed by atoms with E-state index in [-0.39, 0.29) is 28.7 Å². The molecule has 0 unspecified atom stereocenters. The number of rotatable bonds is 4. The lowest BCUT2D eigenvalue weighted by molar-refractivity contribution is -0.139. The molecule has 0 spiro atoms. The Morgan fingerprint density at radius 3 is 2.65 bits per heavy atom. The van der Waals surface area contributed by atoms with Gasteiger partial charge in [-0.25, -0.2) is 4.98 Å². The van der Waals surface area contributed by atoms with Gasteiger partial charge < -0.3 is 20.9 Å². The van der Waals surface area contributed by atoms with E-state index in [0.717, 1.165) is 11.3 Å². The van der Waals surface area contributed by atoms with Crippen molar-refractivity contribution >= 4 is 22.6 Å². The number of H-pyrrole nitrogens is 1. The van der Waals surface area contributed by atoms with E-state index in [1.807, 2.05) is 11.0 Å². The van der Waals surface area contributed by atoms with E-state index in [1.165, 1.54) is 13.1 Å². The van der Waals surface area contributed by atoms with Crippen LogP contribution in [0.5, 0.6) is 0 Å². The monoisotopic (exact) mass is 475 g/mol. The molecule has 1 aliphatic rings. The van der Waals surface area contributed by atoms with Crippen molar-refractivity contribution in [1.82, 2.24) is 25.2 Å². The fourth-order valence-electron chi connectivity index (χ4n) is 4.15. The number of aryl methyl sites for hydroxylation is 1. The standard InChI is InChI=1S/C22H24F3N7O2/c1-12-18(22(23,24)25)21(34)30-16-7-13(8-29-19(12)16)10-32-6-5-31(11-17(32)26)14-3-4-15(28-9-14)20(33)27-2/h3-4,7-9,17H,5-6,10-11,26H2,1-2H3,(H,27,33)(H,30,34)/t17-/m1/s1. The Bertz CT molecular complexity index is 1270. The molecule has 4 rings (SSSR count). The van der Waals surface area contributed by atoms with Gasteiger partial charge in [0.2, 0.25) is 0 Å².